The molecule has 0 saturated carbocycles. The van der Waals surface area contributed by atoms with E-state index < -0.39 is 5.97 Å². The summed E-state index contributed by atoms with van der Waals surface area (Å²) in [5.74, 6) is 0.473. The van der Waals surface area contributed by atoms with Crippen molar-refractivity contribution in [2.75, 3.05) is 20.2 Å². The van der Waals surface area contributed by atoms with Gasteiger partial charge < -0.3 is 14.7 Å². The molecule has 1 fully saturated rings. The van der Waals surface area contributed by atoms with Crippen molar-refractivity contribution in [3.63, 3.8) is 0 Å². The molecule has 1 unspecified atom stereocenters. The number of likely N-dealkylation sites (tertiary alicyclic amines) is 1. The van der Waals surface area contributed by atoms with Gasteiger partial charge in [0.2, 0.25) is 5.91 Å². The van der Waals surface area contributed by atoms with Crippen LogP contribution in [0.1, 0.15) is 37.7 Å². The molecule has 132 valence electrons. The highest BCUT2D eigenvalue weighted by Crippen LogP contribution is 2.25. The number of aliphatic carboxylic acids is 1. The normalized spacial score (nSPS) is 17.6. The number of halogens is 1. The number of methoxy groups -OCH3 is 1. The van der Waals surface area contributed by atoms with Crippen molar-refractivity contribution in [3.8, 4) is 5.75 Å². The molecule has 6 heteroatoms. The van der Waals surface area contributed by atoms with Crippen molar-refractivity contribution in [2.24, 2.45) is 5.92 Å². The number of nitrogens with zero attached hydrogens (tertiary/aromatic N) is 1. The fourth-order valence-electron chi connectivity index (χ4n) is 3.20. The summed E-state index contributed by atoms with van der Waals surface area (Å²) in [6, 6.07) is 5.80. The van der Waals surface area contributed by atoms with Crippen LogP contribution in [0.3, 0.4) is 0 Å². The Balaban J connectivity index is 1.88. The minimum Gasteiger partial charge on any atom is -0.496 e. The molecule has 1 aliphatic heterocycles. The van der Waals surface area contributed by atoms with Crippen LogP contribution in [-0.4, -0.2) is 42.1 Å². The molecule has 5 nitrogen and oxygen atoms in total. The number of rotatable bonds is 7. The molecule has 2 rings (SSSR count). The van der Waals surface area contributed by atoms with Gasteiger partial charge in [-0.3, -0.25) is 9.59 Å². The second kappa shape index (κ2) is 9.06. The number of benzene rings is 1. The van der Waals surface area contributed by atoms with E-state index in [1.165, 1.54) is 0 Å². The molecular weight excluding hydrogens is 374 g/mol. The van der Waals surface area contributed by atoms with Crippen molar-refractivity contribution in [2.45, 2.75) is 38.5 Å². The second-order valence-electron chi connectivity index (χ2n) is 6.24. The first-order valence-electron chi connectivity index (χ1n) is 8.31. The van der Waals surface area contributed by atoms with E-state index in [1.807, 2.05) is 23.1 Å². The highest BCUT2D eigenvalue weighted by molar-refractivity contribution is 9.10. The van der Waals surface area contributed by atoms with E-state index in [-0.39, 0.29) is 12.3 Å². The van der Waals surface area contributed by atoms with Crippen LogP contribution < -0.4 is 4.74 Å². The largest absolute Gasteiger partial charge is 0.496 e. The molecule has 1 amide bonds. The summed E-state index contributed by atoms with van der Waals surface area (Å²) >= 11 is 3.45. The van der Waals surface area contributed by atoms with Gasteiger partial charge in [0.25, 0.3) is 0 Å². The first kappa shape index (κ1) is 18.8. The van der Waals surface area contributed by atoms with Gasteiger partial charge in [-0.05, 0) is 55.4 Å². The number of carboxylic acids is 1. The lowest BCUT2D eigenvalue weighted by molar-refractivity contribution is -0.137. The van der Waals surface area contributed by atoms with E-state index in [2.05, 4.69) is 15.9 Å². The Morgan fingerprint density at radius 3 is 2.88 bits per heavy atom. The molecule has 1 aliphatic rings. The molecule has 1 N–H and O–H groups in total. The fourth-order valence-corrected chi connectivity index (χ4v) is 3.61. The van der Waals surface area contributed by atoms with Crippen LogP contribution in [0.15, 0.2) is 22.7 Å². The Morgan fingerprint density at radius 1 is 1.38 bits per heavy atom. The van der Waals surface area contributed by atoms with Gasteiger partial charge in [-0.25, -0.2) is 0 Å². The fraction of sp³-hybridized carbons (Fsp3) is 0.556. The summed E-state index contributed by atoms with van der Waals surface area (Å²) in [5.41, 5.74) is 1.01. The summed E-state index contributed by atoms with van der Waals surface area (Å²) < 4.78 is 6.32. The number of hydrogen-bond acceptors (Lipinski definition) is 3. The van der Waals surface area contributed by atoms with E-state index in [9.17, 15) is 9.59 Å². The summed E-state index contributed by atoms with van der Waals surface area (Å²) in [4.78, 5) is 25.1. The summed E-state index contributed by atoms with van der Waals surface area (Å²) in [6.45, 7) is 1.46. The van der Waals surface area contributed by atoms with Crippen LogP contribution in [-0.2, 0) is 16.0 Å². The molecule has 24 heavy (non-hydrogen) atoms. The predicted molar refractivity (Wildman–Crippen MR) is 95.2 cm³/mol. The van der Waals surface area contributed by atoms with Crippen LogP contribution >= 0.6 is 15.9 Å². The van der Waals surface area contributed by atoms with E-state index >= 15 is 0 Å². The maximum Gasteiger partial charge on any atom is 0.303 e. The number of piperidine rings is 1. The molecule has 1 aromatic carbocycles. The van der Waals surface area contributed by atoms with Crippen LogP contribution in [0, 0.1) is 5.92 Å². The third kappa shape index (κ3) is 5.51. The highest BCUT2D eigenvalue weighted by Gasteiger charge is 2.24. The van der Waals surface area contributed by atoms with Gasteiger partial charge in [0.15, 0.2) is 0 Å². The topological polar surface area (TPSA) is 66.8 Å². The molecular formula is C18H24BrNO4. The number of ether oxygens (including phenoxy) is 1. The van der Waals surface area contributed by atoms with E-state index in [4.69, 9.17) is 9.84 Å². The Kier molecular flexibility index (Phi) is 7.09. The number of amides is 1. The summed E-state index contributed by atoms with van der Waals surface area (Å²) in [7, 11) is 1.63. The average Bonchev–Trinajstić information content (AvgIpc) is 2.58. The molecule has 1 saturated heterocycles. The van der Waals surface area contributed by atoms with Gasteiger partial charge in [-0.15, -0.1) is 0 Å². The number of carbonyl (C=O) groups is 2. The van der Waals surface area contributed by atoms with Gasteiger partial charge in [-0.1, -0.05) is 15.9 Å². The molecule has 1 aromatic rings. The van der Waals surface area contributed by atoms with Crippen molar-refractivity contribution in [1.29, 1.82) is 0 Å². The van der Waals surface area contributed by atoms with Gasteiger partial charge in [0.1, 0.15) is 5.75 Å². The first-order chi connectivity index (χ1) is 11.5. The quantitative estimate of drug-likeness (QED) is 0.764. The number of hydrogen-bond donors (Lipinski definition) is 1. The van der Waals surface area contributed by atoms with Crippen molar-refractivity contribution in [3.05, 3.63) is 28.2 Å². The molecule has 1 atom stereocenters. The second-order valence-corrected chi connectivity index (χ2v) is 7.15. The molecule has 0 aromatic heterocycles. The van der Waals surface area contributed by atoms with Crippen LogP contribution in [0.5, 0.6) is 5.75 Å². The van der Waals surface area contributed by atoms with Crippen molar-refractivity contribution in [1.82, 2.24) is 4.90 Å². The Hall–Kier alpha value is -1.56. The summed E-state index contributed by atoms with van der Waals surface area (Å²) in [5, 5.41) is 8.81. The maximum absolute atomic E-state index is 12.5. The number of carbonyl (C=O) groups excluding carboxylic acids is 1. The lowest BCUT2D eigenvalue weighted by Gasteiger charge is -2.32. The lowest BCUT2D eigenvalue weighted by atomic mass is 9.93. The SMILES string of the molecule is COc1ccc(Br)cc1CCC(=O)N1CCCC(CCC(=O)O)C1. The molecule has 0 radical (unpaired) electrons. The van der Waals surface area contributed by atoms with Gasteiger partial charge in [0.05, 0.1) is 7.11 Å². The Morgan fingerprint density at radius 2 is 2.17 bits per heavy atom. The van der Waals surface area contributed by atoms with Crippen LogP contribution in [0.4, 0.5) is 0 Å². The highest BCUT2D eigenvalue weighted by atomic mass is 79.9. The molecule has 0 aliphatic carbocycles. The van der Waals surface area contributed by atoms with E-state index in [1.54, 1.807) is 7.11 Å². The van der Waals surface area contributed by atoms with Gasteiger partial charge in [0, 0.05) is 30.4 Å². The van der Waals surface area contributed by atoms with Crippen LogP contribution in [0.2, 0.25) is 0 Å². The zero-order valence-electron chi connectivity index (χ0n) is 14.0. The van der Waals surface area contributed by atoms with E-state index in [0.717, 1.165) is 35.2 Å². The summed E-state index contributed by atoms with van der Waals surface area (Å²) in [6.07, 6.45) is 3.88. The third-order valence-electron chi connectivity index (χ3n) is 4.49. The molecule has 0 bridgehead atoms. The van der Waals surface area contributed by atoms with Gasteiger partial charge in [-0.2, -0.15) is 0 Å². The maximum atomic E-state index is 12.5. The minimum atomic E-state index is -0.764. The number of carboxylic acid groups (broad SMARTS) is 1. The average molecular weight is 398 g/mol. The van der Waals surface area contributed by atoms with E-state index in [0.29, 0.717) is 31.7 Å². The first-order valence-corrected chi connectivity index (χ1v) is 9.11. The zero-order chi connectivity index (χ0) is 17.5. The van der Waals surface area contributed by atoms with Gasteiger partial charge >= 0.3 is 5.97 Å². The lowest BCUT2D eigenvalue weighted by Crippen LogP contribution is -2.40. The Bertz CT molecular complexity index is 590. The minimum absolute atomic E-state index is 0.136. The standard InChI is InChI=1S/C18H24BrNO4/c1-24-16-7-6-15(19)11-14(16)5-8-17(21)20-10-2-3-13(12-20)4-9-18(22)23/h6-7,11,13H,2-5,8-10,12H2,1H3,(H,22,23). The predicted octanol–water partition coefficient (Wildman–Crippen LogP) is 3.49. The van der Waals surface area contributed by atoms with Crippen molar-refractivity contribution < 1.29 is 19.4 Å². The molecule has 1 heterocycles. The van der Waals surface area contributed by atoms with Crippen molar-refractivity contribution >= 4 is 27.8 Å². The third-order valence-corrected chi connectivity index (χ3v) is 4.98. The number of aryl methyl sites for hydroxylation is 1. The Labute approximate surface area is 151 Å². The smallest absolute Gasteiger partial charge is 0.303 e. The zero-order valence-corrected chi connectivity index (χ0v) is 15.5. The monoisotopic (exact) mass is 397 g/mol. The molecule has 0 spiro atoms. The van der Waals surface area contributed by atoms with Crippen LogP contribution in [0.25, 0.3) is 0 Å².